The van der Waals surface area contributed by atoms with Gasteiger partial charge < -0.3 is 5.32 Å². The highest BCUT2D eigenvalue weighted by atomic mass is 19.1. The summed E-state index contributed by atoms with van der Waals surface area (Å²) in [6.45, 7) is 5.46. The average molecular weight is 159 g/mol. The van der Waals surface area contributed by atoms with Crippen LogP contribution in [0, 0.1) is 5.92 Å². The van der Waals surface area contributed by atoms with E-state index < -0.39 is 5.67 Å². The molecule has 1 nitrogen and oxygen atoms in total. The van der Waals surface area contributed by atoms with Crippen LogP contribution in [0.2, 0.25) is 0 Å². The molecule has 0 aromatic rings. The van der Waals surface area contributed by atoms with Crippen molar-refractivity contribution in [3.05, 3.63) is 0 Å². The molecule has 0 bridgehead atoms. The van der Waals surface area contributed by atoms with Crippen LogP contribution in [-0.2, 0) is 0 Å². The summed E-state index contributed by atoms with van der Waals surface area (Å²) in [4.78, 5) is 0. The van der Waals surface area contributed by atoms with E-state index in [1.807, 2.05) is 0 Å². The van der Waals surface area contributed by atoms with Crippen molar-refractivity contribution >= 4 is 0 Å². The second-order valence-corrected chi connectivity index (χ2v) is 4.14. The second kappa shape index (κ2) is 3.53. The smallest absolute Gasteiger partial charge is 0.105 e. The predicted octanol–water partition coefficient (Wildman–Crippen LogP) is 2.12. The molecular weight excluding hydrogens is 141 g/mol. The minimum atomic E-state index is -0.982. The van der Waals surface area contributed by atoms with E-state index >= 15 is 0 Å². The van der Waals surface area contributed by atoms with Gasteiger partial charge in [-0.25, -0.2) is 4.39 Å². The number of halogens is 1. The van der Waals surface area contributed by atoms with Gasteiger partial charge in [0, 0.05) is 0 Å². The average Bonchev–Trinajstić information content (AvgIpc) is 1.85. The molecule has 0 saturated carbocycles. The highest BCUT2D eigenvalue weighted by Crippen LogP contribution is 2.24. The largest absolute Gasteiger partial charge is 0.316 e. The molecule has 1 heterocycles. The molecule has 1 aliphatic rings. The van der Waals surface area contributed by atoms with Gasteiger partial charge >= 0.3 is 0 Å². The van der Waals surface area contributed by atoms with Gasteiger partial charge in [0.1, 0.15) is 5.67 Å². The van der Waals surface area contributed by atoms with E-state index in [1.54, 1.807) is 13.8 Å². The molecule has 0 aliphatic carbocycles. The minimum Gasteiger partial charge on any atom is -0.316 e. The first-order chi connectivity index (χ1) is 5.08. The number of hydrogen-bond acceptors (Lipinski definition) is 1. The molecule has 0 radical (unpaired) electrons. The number of piperidine rings is 1. The lowest BCUT2D eigenvalue weighted by atomic mass is 9.89. The van der Waals surface area contributed by atoms with Gasteiger partial charge in [0.2, 0.25) is 0 Å². The van der Waals surface area contributed by atoms with E-state index in [-0.39, 0.29) is 0 Å². The molecule has 1 unspecified atom stereocenters. The Kier molecular flexibility index (Phi) is 2.88. The lowest BCUT2D eigenvalue weighted by molar-refractivity contribution is 0.155. The summed E-state index contributed by atoms with van der Waals surface area (Å²) in [6, 6.07) is 0. The fourth-order valence-electron chi connectivity index (χ4n) is 1.78. The monoisotopic (exact) mass is 159 g/mol. The van der Waals surface area contributed by atoms with E-state index in [1.165, 1.54) is 12.8 Å². The van der Waals surface area contributed by atoms with Crippen molar-refractivity contribution in [1.29, 1.82) is 0 Å². The topological polar surface area (TPSA) is 12.0 Å². The fraction of sp³-hybridized carbons (Fsp3) is 1.00. The second-order valence-electron chi connectivity index (χ2n) is 4.14. The van der Waals surface area contributed by atoms with E-state index in [4.69, 9.17) is 0 Å². The number of nitrogens with one attached hydrogen (secondary N) is 1. The molecule has 1 atom stereocenters. The van der Waals surface area contributed by atoms with Crippen molar-refractivity contribution in [3.63, 3.8) is 0 Å². The number of rotatable bonds is 2. The molecule has 1 rings (SSSR count). The Morgan fingerprint density at radius 3 is 2.73 bits per heavy atom. The minimum absolute atomic E-state index is 0.559. The zero-order chi connectivity index (χ0) is 8.32. The zero-order valence-corrected chi connectivity index (χ0v) is 7.49. The lowest BCUT2D eigenvalue weighted by Gasteiger charge is -2.26. The lowest BCUT2D eigenvalue weighted by Crippen LogP contribution is -2.33. The van der Waals surface area contributed by atoms with Crippen molar-refractivity contribution in [2.75, 3.05) is 13.1 Å². The molecule has 0 aromatic carbocycles. The summed E-state index contributed by atoms with van der Waals surface area (Å²) in [5.41, 5.74) is -0.982. The summed E-state index contributed by atoms with van der Waals surface area (Å²) in [7, 11) is 0. The first-order valence-corrected chi connectivity index (χ1v) is 4.47. The molecule has 11 heavy (non-hydrogen) atoms. The van der Waals surface area contributed by atoms with Crippen molar-refractivity contribution in [3.8, 4) is 0 Å². The van der Waals surface area contributed by atoms with Crippen molar-refractivity contribution in [2.45, 2.75) is 38.8 Å². The molecule has 0 spiro atoms. The van der Waals surface area contributed by atoms with Crippen LogP contribution in [0.25, 0.3) is 0 Å². The molecule has 1 saturated heterocycles. The Bertz CT molecular complexity index is 111. The maximum absolute atomic E-state index is 13.1. The summed E-state index contributed by atoms with van der Waals surface area (Å²) in [5, 5.41) is 3.29. The standard InChI is InChI=1S/C9H18FN/c1-9(2,10)6-8-4-3-5-11-7-8/h8,11H,3-7H2,1-2H3. The molecule has 0 aromatic heterocycles. The maximum atomic E-state index is 13.1. The Morgan fingerprint density at radius 2 is 2.27 bits per heavy atom. The van der Waals surface area contributed by atoms with Gasteiger partial charge in [0.25, 0.3) is 0 Å². The first kappa shape index (κ1) is 8.98. The summed E-state index contributed by atoms with van der Waals surface area (Å²) < 4.78 is 13.1. The molecule has 66 valence electrons. The zero-order valence-electron chi connectivity index (χ0n) is 7.49. The molecule has 1 fully saturated rings. The van der Waals surface area contributed by atoms with Crippen LogP contribution in [0.1, 0.15) is 33.1 Å². The number of hydrogen-bond donors (Lipinski definition) is 1. The highest BCUT2D eigenvalue weighted by molar-refractivity contribution is 4.76. The van der Waals surface area contributed by atoms with Gasteiger partial charge in [-0.2, -0.15) is 0 Å². The van der Waals surface area contributed by atoms with E-state index in [9.17, 15) is 4.39 Å². The van der Waals surface area contributed by atoms with Crippen molar-refractivity contribution in [2.24, 2.45) is 5.92 Å². The molecule has 0 amide bonds. The van der Waals surface area contributed by atoms with Crippen LogP contribution in [0.5, 0.6) is 0 Å². The number of alkyl halides is 1. The molecule has 1 aliphatic heterocycles. The van der Waals surface area contributed by atoms with Crippen molar-refractivity contribution < 1.29 is 4.39 Å². The summed E-state index contributed by atoms with van der Waals surface area (Å²) in [6.07, 6.45) is 3.11. The van der Waals surface area contributed by atoms with Gasteiger partial charge in [-0.05, 0) is 52.1 Å². The molecule has 2 heteroatoms. The molecular formula is C9H18FN. The van der Waals surface area contributed by atoms with Gasteiger partial charge in [-0.1, -0.05) is 0 Å². The van der Waals surface area contributed by atoms with Gasteiger partial charge in [0.15, 0.2) is 0 Å². The maximum Gasteiger partial charge on any atom is 0.105 e. The first-order valence-electron chi connectivity index (χ1n) is 4.47. The SMILES string of the molecule is CC(C)(F)CC1CCCNC1. The van der Waals surface area contributed by atoms with Crippen molar-refractivity contribution in [1.82, 2.24) is 5.32 Å². The third-order valence-corrected chi connectivity index (χ3v) is 2.17. The predicted molar refractivity (Wildman–Crippen MR) is 45.4 cm³/mol. The summed E-state index contributed by atoms with van der Waals surface area (Å²) in [5.74, 6) is 0.559. The van der Waals surface area contributed by atoms with E-state index in [0.717, 1.165) is 13.1 Å². The van der Waals surface area contributed by atoms with Crippen LogP contribution < -0.4 is 5.32 Å². The summed E-state index contributed by atoms with van der Waals surface area (Å²) >= 11 is 0. The van der Waals surface area contributed by atoms with Gasteiger partial charge in [-0.15, -0.1) is 0 Å². The Hall–Kier alpha value is -0.110. The molecule has 1 N–H and O–H groups in total. The Labute approximate surface area is 68.4 Å². The van der Waals surface area contributed by atoms with Crippen LogP contribution >= 0.6 is 0 Å². The van der Waals surface area contributed by atoms with Crippen LogP contribution in [0.4, 0.5) is 4.39 Å². The fourth-order valence-corrected chi connectivity index (χ4v) is 1.78. The Morgan fingerprint density at radius 1 is 1.55 bits per heavy atom. The van der Waals surface area contributed by atoms with Gasteiger partial charge in [-0.3, -0.25) is 0 Å². The third-order valence-electron chi connectivity index (χ3n) is 2.17. The van der Waals surface area contributed by atoms with Crippen LogP contribution in [0.3, 0.4) is 0 Å². The van der Waals surface area contributed by atoms with Crippen LogP contribution in [0.15, 0.2) is 0 Å². The van der Waals surface area contributed by atoms with Crippen LogP contribution in [-0.4, -0.2) is 18.8 Å². The van der Waals surface area contributed by atoms with E-state index in [0.29, 0.717) is 12.3 Å². The normalized spacial score (nSPS) is 27.0. The Balaban J connectivity index is 2.24. The van der Waals surface area contributed by atoms with E-state index in [2.05, 4.69) is 5.32 Å². The highest BCUT2D eigenvalue weighted by Gasteiger charge is 2.23. The van der Waals surface area contributed by atoms with Gasteiger partial charge in [0.05, 0.1) is 0 Å². The third kappa shape index (κ3) is 3.71. The quantitative estimate of drug-likeness (QED) is 0.650.